The number of likely N-dealkylation sites (N-methyl/N-ethyl adjacent to an activating group) is 1. The molecule has 1 aromatic rings. The largest absolute Gasteiger partial charge is 0.338 e. The quantitative estimate of drug-likeness (QED) is 0.844. The van der Waals surface area contributed by atoms with Crippen LogP contribution in [0, 0.1) is 0 Å². The van der Waals surface area contributed by atoms with E-state index >= 15 is 0 Å². The molecule has 1 fully saturated rings. The first-order valence-corrected chi connectivity index (χ1v) is 7.31. The van der Waals surface area contributed by atoms with Gasteiger partial charge in [0.1, 0.15) is 6.04 Å². The summed E-state index contributed by atoms with van der Waals surface area (Å²) >= 11 is 0. The van der Waals surface area contributed by atoms with Crippen molar-refractivity contribution in [3.05, 3.63) is 29.8 Å². The summed E-state index contributed by atoms with van der Waals surface area (Å²) in [6.07, 6.45) is 2.83. The summed E-state index contributed by atoms with van der Waals surface area (Å²) in [5, 5.41) is 0. The zero-order chi connectivity index (χ0) is 14.3. The van der Waals surface area contributed by atoms with Gasteiger partial charge in [-0.15, -0.1) is 0 Å². The molecule has 1 aliphatic heterocycles. The average Bonchev–Trinajstić information content (AvgIpc) is 3.18. The number of carbonyl (C=O) groups excluding carboxylic acids is 2. The molecule has 4 heteroatoms. The Labute approximate surface area is 119 Å². The lowest BCUT2D eigenvalue weighted by Gasteiger charge is -2.29. The van der Waals surface area contributed by atoms with Crippen molar-refractivity contribution in [2.24, 2.45) is 0 Å². The highest BCUT2D eigenvalue weighted by molar-refractivity contribution is 6.02. The molecule has 0 bridgehead atoms. The molecule has 1 atom stereocenters. The van der Waals surface area contributed by atoms with Crippen molar-refractivity contribution >= 4 is 17.5 Å². The van der Waals surface area contributed by atoms with Crippen LogP contribution in [0.25, 0.3) is 0 Å². The Balaban J connectivity index is 1.90. The van der Waals surface area contributed by atoms with Gasteiger partial charge in [0.15, 0.2) is 0 Å². The maximum Gasteiger partial charge on any atom is 0.246 e. The Bertz CT molecular complexity index is 551. The van der Waals surface area contributed by atoms with Crippen molar-refractivity contribution in [2.45, 2.75) is 45.2 Å². The molecule has 2 aliphatic rings. The third-order valence-electron chi connectivity index (χ3n) is 4.21. The van der Waals surface area contributed by atoms with Gasteiger partial charge in [0.05, 0.1) is 0 Å². The first-order valence-electron chi connectivity index (χ1n) is 7.31. The lowest BCUT2D eigenvalue weighted by Crippen LogP contribution is -2.49. The zero-order valence-corrected chi connectivity index (χ0v) is 12.0. The number of nitrogens with zero attached hydrogens (tertiary/aromatic N) is 2. The topological polar surface area (TPSA) is 40.6 Å². The number of para-hydroxylation sites is 1. The lowest BCUT2D eigenvalue weighted by molar-refractivity contribution is -0.134. The standard InChI is InChI=1S/C16H20N2O2/c1-3-17(13-8-9-13)16(20)15-10-12-6-4-5-7-14(12)18(15)11(2)19/h4-7,13,15H,3,8-10H2,1-2H3/t15-/m0/s1. The Morgan fingerprint density at radius 1 is 1.30 bits per heavy atom. The molecule has 20 heavy (non-hydrogen) atoms. The van der Waals surface area contributed by atoms with Crippen LogP contribution in [-0.2, 0) is 16.0 Å². The number of hydrogen-bond acceptors (Lipinski definition) is 2. The van der Waals surface area contributed by atoms with Crippen LogP contribution in [0.4, 0.5) is 5.69 Å². The van der Waals surface area contributed by atoms with E-state index in [2.05, 4.69) is 0 Å². The number of carbonyl (C=O) groups is 2. The number of rotatable bonds is 3. The van der Waals surface area contributed by atoms with E-state index in [1.54, 1.807) is 4.90 Å². The second kappa shape index (κ2) is 4.93. The summed E-state index contributed by atoms with van der Waals surface area (Å²) in [4.78, 5) is 28.4. The van der Waals surface area contributed by atoms with E-state index in [0.29, 0.717) is 12.5 Å². The van der Waals surface area contributed by atoms with E-state index in [4.69, 9.17) is 0 Å². The van der Waals surface area contributed by atoms with Gasteiger partial charge in [0.2, 0.25) is 11.8 Å². The highest BCUT2D eigenvalue weighted by Crippen LogP contribution is 2.35. The van der Waals surface area contributed by atoms with Crippen LogP contribution in [0.15, 0.2) is 24.3 Å². The minimum Gasteiger partial charge on any atom is -0.338 e. The highest BCUT2D eigenvalue weighted by Gasteiger charge is 2.42. The molecular formula is C16H20N2O2. The van der Waals surface area contributed by atoms with Crippen molar-refractivity contribution in [2.75, 3.05) is 11.4 Å². The van der Waals surface area contributed by atoms with E-state index in [0.717, 1.165) is 30.6 Å². The molecule has 4 nitrogen and oxygen atoms in total. The van der Waals surface area contributed by atoms with Gasteiger partial charge >= 0.3 is 0 Å². The molecule has 1 aliphatic carbocycles. The first kappa shape index (κ1) is 13.2. The average molecular weight is 272 g/mol. The maximum absolute atomic E-state index is 12.8. The van der Waals surface area contributed by atoms with E-state index in [9.17, 15) is 9.59 Å². The summed E-state index contributed by atoms with van der Waals surface area (Å²) in [7, 11) is 0. The molecule has 106 valence electrons. The van der Waals surface area contributed by atoms with Gasteiger partial charge in [-0.25, -0.2) is 0 Å². The third kappa shape index (κ3) is 2.09. The predicted octanol–water partition coefficient (Wildman–Crippen LogP) is 1.98. The minimum absolute atomic E-state index is 0.0554. The molecule has 1 saturated carbocycles. The second-order valence-corrected chi connectivity index (χ2v) is 5.59. The summed E-state index contributed by atoms with van der Waals surface area (Å²) in [5.74, 6) is 0.0431. The Morgan fingerprint density at radius 3 is 2.60 bits per heavy atom. The normalized spacial score (nSPS) is 20.7. The van der Waals surface area contributed by atoms with Crippen LogP contribution in [0.3, 0.4) is 0 Å². The van der Waals surface area contributed by atoms with Gasteiger partial charge in [-0.05, 0) is 31.4 Å². The summed E-state index contributed by atoms with van der Waals surface area (Å²) in [6, 6.07) is 7.85. The molecule has 0 N–H and O–H groups in total. The van der Waals surface area contributed by atoms with E-state index in [1.807, 2.05) is 36.1 Å². The summed E-state index contributed by atoms with van der Waals surface area (Å²) < 4.78 is 0. The van der Waals surface area contributed by atoms with Gasteiger partial charge in [0, 0.05) is 31.6 Å². The molecular weight excluding hydrogens is 252 g/mol. The SMILES string of the molecule is CCN(C(=O)[C@@H]1Cc2ccccc2N1C(C)=O)C1CC1. The molecule has 0 spiro atoms. The fraction of sp³-hybridized carbons (Fsp3) is 0.500. The zero-order valence-electron chi connectivity index (χ0n) is 12.0. The fourth-order valence-corrected chi connectivity index (χ4v) is 3.14. The van der Waals surface area contributed by atoms with Crippen molar-refractivity contribution in [3.63, 3.8) is 0 Å². The Kier molecular flexibility index (Phi) is 3.24. The van der Waals surface area contributed by atoms with E-state index in [1.165, 1.54) is 6.92 Å². The van der Waals surface area contributed by atoms with Crippen molar-refractivity contribution in [1.82, 2.24) is 4.90 Å². The molecule has 0 saturated heterocycles. The molecule has 1 heterocycles. The van der Waals surface area contributed by atoms with Crippen LogP contribution in [0.5, 0.6) is 0 Å². The Morgan fingerprint density at radius 2 is 2.00 bits per heavy atom. The summed E-state index contributed by atoms with van der Waals surface area (Å²) in [6.45, 7) is 4.27. The minimum atomic E-state index is -0.356. The molecule has 3 rings (SSSR count). The smallest absolute Gasteiger partial charge is 0.246 e. The van der Waals surface area contributed by atoms with Crippen LogP contribution in [-0.4, -0.2) is 35.3 Å². The maximum atomic E-state index is 12.8. The lowest BCUT2D eigenvalue weighted by atomic mass is 10.1. The van der Waals surface area contributed by atoms with Gasteiger partial charge < -0.3 is 4.90 Å². The van der Waals surface area contributed by atoms with E-state index in [-0.39, 0.29) is 17.9 Å². The van der Waals surface area contributed by atoms with Crippen molar-refractivity contribution in [3.8, 4) is 0 Å². The second-order valence-electron chi connectivity index (χ2n) is 5.59. The predicted molar refractivity (Wildman–Crippen MR) is 77.5 cm³/mol. The van der Waals surface area contributed by atoms with Crippen molar-refractivity contribution < 1.29 is 9.59 Å². The van der Waals surface area contributed by atoms with Crippen LogP contribution < -0.4 is 4.90 Å². The number of hydrogen-bond donors (Lipinski definition) is 0. The number of fused-ring (bicyclic) bond motifs is 1. The number of amides is 2. The van der Waals surface area contributed by atoms with Crippen LogP contribution >= 0.6 is 0 Å². The van der Waals surface area contributed by atoms with Gasteiger partial charge in [-0.3, -0.25) is 14.5 Å². The molecule has 0 aromatic heterocycles. The van der Waals surface area contributed by atoms with Crippen molar-refractivity contribution in [1.29, 1.82) is 0 Å². The molecule has 1 aromatic carbocycles. The summed E-state index contributed by atoms with van der Waals surface area (Å²) in [5.41, 5.74) is 1.98. The third-order valence-corrected chi connectivity index (χ3v) is 4.21. The van der Waals surface area contributed by atoms with Crippen LogP contribution in [0.2, 0.25) is 0 Å². The number of anilines is 1. The molecule has 2 amide bonds. The fourth-order valence-electron chi connectivity index (χ4n) is 3.14. The number of benzene rings is 1. The van der Waals surface area contributed by atoms with E-state index < -0.39 is 0 Å². The molecule has 0 unspecified atom stereocenters. The molecule has 0 radical (unpaired) electrons. The Hall–Kier alpha value is -1.84. The van der Waals surface area contributed by atoms with Gasteiger partial charge in [-0.2, -0.15) is 0 Å². The monoisotopic (exact) mass is 272 g/mol. The highest BCUT2D eigenvalue weighted by atomic mass is 16.2. The van der Waals surface area contributed by atoms with Gasteiger partial charge in [-0.1, -0.05) is 18.2 Å². The van der Waals surface area contributed by atoms with Gasteiger partial charge in [0.25, 0.3) is 0 Å². The first-order chi connectivity index (χ1) is 9.63. The van der Waals surface area contributed by atoms with Crippen LogP contribution in [0.1, 0.15) is 32.3 Å².